The molecule has 0 aliphatic carbocycles. The van der Waals surface area contributed by atoms with Crippen molar-refractivity contribution in [1.29, 1.82) is 16.1 Å². The van der Waals surface area contributed by atoms with Crippen molar-refractivity contribution in [3.63, 3.8) is 0 Å². The molecular formula is C37H39N9O2. The van der Waals surface area contributed by atoms with Gasteiger partial charge in [-0.15, -0.1) is 0 Å². The number of hydrogen-bond donors (Lipinski definition) is 4. The van der Waals surface area contributed by atoms with Gasteiger partial charge in [-0.1, -0.05) is 42.5 Å². The van der Waals surface area contributed by atoms with Crippen LogP contribution in [-0.4, -0.2) is 85.8 Å². The van der Waals surface area contributed by atoms with E-state index in [9.17, 15) is 9.59 Å². The monoisotopic (exact) mass is 641 g/mol. The normalized spacial score (nSPS) is 19.5. The summed E-state index contributed by atoms with van der Waals surface area (Å²) in [4.78, 5) is 37.1. The molecule has 0 saturated carbocycles. The molecule has 11 heteroatoms. The summed E-state index contributed by atoms with van der Waals surface area (Å²) in [6.07, 6.45) is 5.76. The van der Waals surface area contributed by atoms with Gasteiger partial charge in [-0.2, -0.15) is 5.26 Å². The van der Waals surface area contributed by atoms with Crippen LogP contribution in [0.4, 0.5) is 11.4 Å². The lowest BCUT2D eigenvalue weighted by atomic mass is 9.85. The third kappa shape index (κ3) is 6.48. The van der Waals surface area contributed by atoms with E-state index in [-0.39, 0.29) is 29.9 Å². The summed E-state index contributed by atoms with van der Waals surface area (Å²) in [5, 5.41) is 28.7. The van der Waals surface area contributed by atoms with Crippen molar-refractivity contribution in [1.82, 2.24) is 15.1 Å². The van der Waals surface area contributed by atoms with Crippen LogP contribution in [0, 0.1) is 27.6 Å². The fourth-order valence-corrected chi connectivity index (χ4v) is 6.83. The van der Waals surface area contributed by atoms with Crippen LogP contribution >= 0.6 is 0 Å². The zero-order valence-corrected chi connectivity index (χ0v) is 27.0. The van der Waals surface area contributed by atoms with Crippen molar-refractivity contribution in [2.75, 3.05) is 56.9 Å². The Labute approximate surface area is 280 Å². The molecule has 3 heterocycles. The maximum absolute atomic E-state index is 13.9. The molecule has 0 bridgehead atoms. The second-order valence-electron chi connectivity index (χ2n) is 12.6. The maximum Gasteiger partial charge on any atom is 0.237 e. The Morgan fingerprint density at radius 1 is 1.04 bits per heavy atom. The van der Waals surface area contributed by atoms with Gasteiger partial charge in [-0.25, -0.2) is 4.99 Å². The molecule has 2 fully saturated rings. The number of nitrogen functional groups attached to an aromatic ring is 1. The molecule has 1 spiro atoms. The van der Waals surface area contributed by atoms with Gasteiger partial charge in [0.1, 0.15) is 0 Å². The van der Waals surface area contributed by atoms with Crippen molar-refractivity contribution >= 4 is 46.6 Å². The highest BCUT2D eigenvalue weighted by atomic mass is 16.2. The number of nitrogens with one attached hydrogen (secondary N) is 3. The number of nitrogens with zero attached hydrogens (tertiary/aromatic N) is 5. The lowest BCUT2D eigenvalue weighted by Crippen LogP contribution is -2.43. The smallest absolute Gasteiger partial charge is 0.237 e. The Hall–Kier alpha value is -5.60. The van der Waals surface area contributed by atoms with Crippen molar-refractivity contribution in [2.24, 2.45) is 10.4 Å². The third-order valence-corrected chi connectivity index (χ3v) is 9.64. The average molecular weight is 642 g/mol. The van der Waals surface area contributed by atoms with E-state index in [0.29, 0.717) is 73.6 Å². The first kappa shape index (κ1) is 32.3. The third-order valence-electron chi connectivity index (χ3n) is 9.64. The van der Waals surface area contributed by atoms with Gasteiger partial charge in [0.2, 0.25) is 11.8 Å². The summed E-state index contributed by atoms with van der Waals surface area (Å²) in [5.74, 6) is 0.316. The fourth-order valence-electron chi connectivity index (χ4n) is 6.83. The Bertz CT molecular complexity index is 1860. The van der Waals surface area contributed by atoms with Crippen LogP contribution in [-0.2, 0) is 9.59 Å². The Morgan fingerprint density at radius 2 is 1.77 bits per heavy atom. The van der Waals surface area contributed by atoms with Crippen molar-refractivity contribution < 1.29 is 9.59 Å². The summed E-state index contributed by atoms with van der Waals surface area (Å²) in [6, 6.07) is 22.1. The predicted molar refractivity (Wildman–Crippen MR) is 188 cm³/mol. The second kappa shape index (κ2) is 13.6. The van der Waals surface area contributed by atoms with Gasteiger partial charge < -0.3 is 20.9 Å². The van der Waals surface area contributed by atoms with Crippen LogP contribution in [0.3, 0.4) is 0 Å². The first-order chi connectivity index (χ1) is 23.2. The summed E-state index contributed by atoms with van der Waals surface area (Å²) >= 11 is 0. The topological polar surface area (TPSA) is 166 Å². The number of anilines is 2. The summed E-state index contributed by atoms with van der Waals surface area (Å²) < 4.78 is 0. The molecule has 0 aromatic heterocycles. The van der Waals surface area contributed by atoms with Crippen LogP contribution in [0.2, 0.25) is 0 Å². The number of rotatable bonds is 8. The minimum atomic E-state index is -0.529. The lowest BCUT2D eigenvalue weighted by Gasteiger charge is -2.29. The molecule has 3 aliphatic rings. The quantitative estimate of drug-likeness (QED) is 0.166. The molecule has 2 saturated heterocycles. The van der Waals surface area contributed by atoms with Gasteiger partial charge >= 0.3 is 0 Å². The number of amidine groups is 1. The van der Waals surface area contributed by atoms with Crippen LogP contribution in [0.25, 0.3) is 5.57 Å². The number of nitriles is 1. The number of likely N-dealkylation sites (tertiary alicyclic amines) is 1. The molecule has 6 rings (SSSR count). The van der Waals surface area contributed by atoms with Crippen molar-refractivity contribution in [3.8, 4) is 6.07 Å². The largest absolute Gasteiger partial charge is 0.398 e. The van der Waals surface area contributed by atoms with E-state index < -0.39 is 5.41 Å². The van der Waals surface area contributed by atoms with Crippen LogP contribution in [0.15, 0.2) is 77.8 Å². The van der Waals surface area contributed by atoms with Crippen LogP contribution in [0.1, 0.15) is 47.1 Å². The number of carbonyl (C=O) groups excluding carboxylic acids is 2. The Morgan fingerprint density at radius 3 is 2.46 bits per heavy atom. The van der Waals surface area contributed by atoms with E-state index in [1.807, 2.05) is 35.2 Å². The van der Waals surface area contributed by atoms with E-state index >= 15 is 0 Å². The summed E-state index contributed by atoms with van der Waals surface area (Å²) in [5.41, 5.74) is 11.8. The van der Waals surface area contributed by atoms with Crippen molar-refractivity contribution in [3.05, 3.63) is 101 Å². The minimum absolute atomic E-state index is 0.0543. The first-order valence-corrected chi connectivity index (χ1v) is 16.1. The van der Waals surface area contributed by atoms with E-state index in [4.69, 9.17) is 21.8 Å². The van der Waals surface area contributed by atoms with Gasteiger partial charge in [-0.05, 0) is 67.3 Å². The highest BCUT2D eigenvalue weighted by Gasteiger charge is 2.51. The zero-order chi connectivity index (χ0) is 33.8. The molecule has 3 aromatic carbocycles. The number of amides is 2. The SMILES string of the molecule is CN/C=N\C(=N)c1ccc(C2=CCN(C(=O)CN3CC[C@]4(CCN(c5ccc(N)c(C(=N)c6ccc(C#N)cc6)c5)C4=O)C3)CC2)cc1. The molecule has 244 valence electrons. The van der Waals surface area contributed by atoms with Crippen molar-refractivity contribution in [2.45, 2.75) is 19.3 Å². The number of benzene rings is 3. The minimum Gasteiger partial charge on any atom is -0.398 e. The molecule has 1 atom stereocenters. The van der Waals surface area contributed by atoms with Gasteiger partial charge in [0.15, 0.2) is 5.84 Å². The highest BCUT2D eigenvalue weighted by Crippen LogP contribution is 2.43. The fraction of sp³-hybridized carbons (Fsp3) is 0.297. The number of hydrogen-bond acceptors (Lipinski definition) is 7. The first-order valence-electron chi connectivity index (χ1n) is 16.1. The standard InChI is InChI=1S/C37H39N9O2/c1-42-24-43-35(41)29-8-6-26(7-9-29)27-12-16-45(17-13-27)33(47)22-44-18-14-37(23-44)15-19-46(36(37)48)30-10-11-32(39)31(20-30)34(40)28-4-2-25(21-38)3-5-28/h2-12,20,24,40H,13-19,22-23,39H2,1H3,(H2,41,42,43)/t37-/m0/s1. The Balaban J connectivity index is 1.05. The summed E-state index contributed by atoms with van der Waals surface area (Å²) in [7, 11) is 1.74. The molecule has 3 aliphatic heterocycles. The number of carbonyl (C=O) groups is 2. The molecule has 48 heavy (non-hydrogen) atoms. The molecule has 0 radical (unpaired) electrons. The average Bonchev–Trinajstić information content (AvgIpc) is 3.68. The highest BCUT2D eigenvalue weighted by molar-refractivity contribution is 6.15. The van der Waals surface area contributed by atoms with Crippen LogP contribution < -0.4 is 16.0 Å². The van der Waals surface area contributed by atoms with Gasteiger partial charge in [0.05, 0.1) is 35.6 Å². The maximum atomic E-state index is 13.9. The van der Waals surface area contributed by atoms with Crippen LogP contribution in [0.5, 0.6) is 0 Å². The second-order valence-corrected chi connectivity index (χ2v) is 12.6. The molecule has 5 N–H and O–H groups in total. The van der Waals surface area contributed by atoms with E-state index in [0.717, 1.165) is 17.5 Å². The molecule has 11 nitrogen and oxygen atoms in total. The molecule has 2 amide bonds. The van der Waals surface area contributed by atoms with E-state index in [1.165, 1.54) is 11.9 Å². The number of aliphatic imine (C=N–C) groups is 1. The van der Waals surface area contributed by atoms with Gasteiger partial charge in [-0.3, -0.25) is 25.3 Å². The molecule has 0 unspecified atom stereocenters. The zero-order valence-electron chi connectivity index (χ0n) is 27.0. The van der Waals surface area contributed by atoms with Gasteiger partial charge in [0, 0.05) is 61.3 Å². The molecular weight excluding hydrogens is 602 g/mol. The number of nitrogens with two attached hydrogens (primary N) is 1. The lowest BCUT2D eigenvalue weighted by molar-refractivity contribution is -0.132. The van der Waals surface area contributed by atoms with Gasteiger partial charge in [0.25, 0.3) is 0 Å². The van der Waals surface area contributed by atoms with E-state index in [2.05, 4.69) is 27.4 Å². The predicted octanol–water partition coefficient (Wildman–Crippen LogP) is 3.87. The summed E-state index contributed by atoms with van der Waals surface area (Å²) in [6.45, 7) is 3.27. The van der Waals surface area contributed by atoms with E-state index in [1.54, 1.807) is 48.3 Å². The molecule has 3 aromatic rings. The Kier molecular flexibility index (Phi) is 9.19.